The highest BCUT2D eigenvalue weighted by Crippen LogP contribution is 2.17. The molecule has 4 amide bonds. The zero-order valence-corrected chi connectivity index (χ0v) is 11.5. The molecule has 0 saturated carbocycles. The number of hydrogen-bond donors (Lipinski definition) is 4. The molecule has 114 valence electrons. The average molecular weight is 288 g/mol. The number of β-amino-alcohol motifs (C(OH)–C–C–N with tert-alkyl or cyclic N) is 1. The third kappa shape index (κ3) is 4.26. The van der Waals surface area contributed by atoms with Crippen molar-refractivity contribution in [1.29, 1.82) is 0 Å². The summed E-state index contributed by atoms with van der Waals surface area (Å²) < 4.78 is 0. The van der Waals surface area contributed by atoms with Gasteiger partial charge in [0.25, 0.3) is 0 Å². The molecule has 0 unspecified atom stereocenters. The fourth-order valence-electron chi connectivity index (χ4n) is 1.87. The second-order valence-electron chi connectivity index (χ2n) is 4.75. The molecule has 1 aliphatic heterocycles. The molecule has 1 saturated heterocycles. The Balaban J connectivity index is 2.35. The molecule has 4 N–H and O–H groups in total. The number of urea groups is 2. The molecule has 0 aliphatic carbocycles. The number of carbonyl (C=O) groups excluding carboxylic acids is 2. The van der Waals surface area contributed by atoms with E-state index in [-0.39, 0.29) is 32.1 Å². The van der Waals surface area contributed by atoms with Gasteiger partial charge in [-0.05, 0) is 0 Å². The van der Waals surface area contributed by atoms with E-state index in [0.717, 1.165) is 4.90 Å². The van der Waals surface area contributed by atoms with Gasteiger partial charge in [-0.25, -0.2) is 14.4 Å². The van der Waals surface area contributed by atoms with Crippen molar-refractivity contribution >= 4 is 18.0 Å². The predicted octanol–water partition coefficient (Wildman–Crippen LogP) is -1.51. The van der Waals surface area contributed by atoms with Gasteiger partial charge in [-0.2, -0.15) is 0 Å². The Morgan fingerprint density at radius 3 is 2.40 bits per heavy atom. The Hall–Kier alpha value is -2.03. The largest absolute Gasteiger partial charge is 0.480 e. The summed E-state index contributed by atoms with van der Waals surface area (Å²) in [5, 5.41) is 23.4. The van der Waals surface area contributed by atoms with Crippen LogP contribution in [0.5, 0.6) is 0 Å². The van der Waals surface area contributed by atoms with Crippen LogP contribution in [-0.4, -0.2) is 83.9 Å². The maximum absolute atomic E-state index is 11.8. The van der Waals surface area contributed by atoms with Crippen LogP contribution in [0.2, 0.25) is 0 Å². The highest BCUT2D eigenvalue weighted by molar-refractivity contribution is 5.83. The summed E-state index contributed by atoms with van der Waals surface area (Å²) in [6, 6.07) is -1.85. The van der Waals surface area contributed by atoms with Crippen LogP contribution in [0.3, 0.4) is 0 Å². The molecule has 0 aromatic carbocycles. The van der Waals surface area contributed by atoms with Gasteiger partial charge in [0.05, 0.1) is 6.10 Å². The SMILES string of the molecule is CN(C)C(=O)NCCNC(=O)N1C[C@H](O)C[C@H]1C(=O)O. The number of aliphatic carboxylic acids is 1. The number of carboxylic acids is 1. The average Bonchev–Trinajstić information content (AvgIpc) is 2.76. The molecule has 9 heteroatoms. The number of nitrogens with zero attached hydrogens (tertiary/aromatic N) is 2. The molecule has 9 nitrogen and oxygen atoms in total. The lowest BCUT2D eigenvalue weighted by Crippen LogP contribution is -2.48. The number of amides is 4. The first-order valence-electron chi connectivity index (χ1n) is 6.23. The summed E-state index contributed by atoms with van der Waals surface area (Å²) in [5.74, 6) is -1.14. The Kier molecular flexibility index (Phi) is 5.56. The Labute approximate surface area is 116 Å². The summed E-state index contributed by atoms with van der Waals surface area (Å²) in [6.45, 7) is 0.404. The zero-order chi connectivity index (χ0) is 15.3. The van der Waals surface area contributed by atoms with Gasteiger partial charge in [0, 0.05) is 40.2 Å². The molecule has 0 aromatic rings. The van der Waals surface area contributed by atoms with Crippen molar-refractivity contribution in [2.75, 3.05) is 33.7 Å². The lowest BCUT2D eigenvalue weighted by Gasteiger charge is -2.21. The summed E-state index contributed by atoms with van der Waals surface area (Å²) in [6.07, 6.45) is -0.796. The third-order valence-electron chi connectivity index (χ3n) is 2.91. The smallest absolute Gasteiger partial charge is 0.326 e. The van der Waals surface area contributed by atoms with Crippen molar-refractivity contribution in [3.63, 3.8) is 0 Å². The minimum atomic E-state index is -1.14. The number of hydrogen-bond acceptors (Lipinski definition) is 4. The van der Waals surface area contributed by atoms with Crippen molar-refractivity contribution < 1.29 is 24.6 Å². The van der Waals surface area contributed by atoms with Crippen LogP contribution in [0.1, 0.15) is 6.42 Å². The van der Waals surface area contributed by atoms with Crippen LogP contribution in [0.25, 0.3) is 0 Å². The van der Waals surface area contributed by atoms with Crippen LogP contribution >= 0.6 is 0 Å². The Bertz CT molecular complexity index is 387. The highest BCUT2D eigenvalue weighted by atomic mass is 16.4. The first-order chi connectivity index (χ1) is 9.32. The number of carboxylic acid groups (broad SMARTS) is 1. The Morgan fingerprint density at radius 1 is 1.25 bits per heavy atom. The van der Waals surface area contributed by atoms with E-state index in [2.05, 4.69) is 10.6 Å². The van der Waals surface area contributed by atoms with E-state index < -0.39 is 24.1 Å². The quantitative estimate of drug-likeness (QED) is 0.468. The monoisotopic (exact) mass is 288 g/mol. The van der Waals surface area contributed by atoms with Crippen LogP contribution < -0.4 is 10.6 Å². The van der Waals surface area contributed by atoms with Crippen molar-refractivity contribution in [2.45, 2.75) is 18.6 Å². The van der Waals surface area contributed by atoms with E-state index in [1.165, 1.54) is 4.90 Å². The zero-order valence-electron chi connectivity index (χ0n) is 11.5. The number of rotatable bonds is 4. The van der Waals surface area contributed by atoms with E-state index >= 15 is 0 Å². The standard InChI is InChI=1S/C11H20N4O5/c1-14(2)10(19)12-3-4-13-11(20)15-6-7(16)5-8(15)9(17)18/h7-8,16H,3-6H2,1-2H3,(H,12,19)(H,13,20)(H,17,18)/t7-,8+/m1/s1. The number of likely N-dealkylation sites (tertiary alicyclic amines) is 1. The molecule has 0 bridgehead atoms. The molecular formula is C11H20N4O5. The number of nitrogens with one attached hydrogen (secondary N) is 2. The van der Waals surface area contributed by atoms with E-state index in [1.807, 2.05) is 0 Å². The molecular weight excluding hydrogens is 268 g/mol. The highest BCUT2D eigenvalue weighted by Gasteiger charge is 2.38. The van der Waals surface area contributed by atoms with Crippen LogP contribution in [-0.2, 0) is 4.79 Å². The second kappa shape index (κ2) is 6.94. The molecule has 0 radical (unpaired) electrons. The Morgan fingerprint density at radius 2 is 1.85 bits per heavy atom. The van der Waals surface area contributed by atoms with E-state index in [0.29, 0.717) is 0 Å². The van der Waals surface area contributed by atoms with E-state index in [9.17, 15) is 19.5 Å². The first kappa shape index (κ1) is 16.0. The van der Waals surface area contributed by atoms with Gasteiger partial charge in [-0.3, -0.25) is 0 Å². The maximum atomic E-state index is 11.8. The van der Waals surface area contributed by atoms with Crippen molar-refractivity contribution in [1.82, 2.24) is 20.4 Å². The molecule has 20 heavy (non-hydrogen) atoms. The fraction of sp³-hybridized carbons (Fsp3) is 0.727. The first-order valence-corrected chi connectivity index (χ1v) is 6.23. The maximum Gasteiger partial charge on any atom is 0.326 e. The number of carbonyl (C=O) groups is 3. The van der Waals surface area contributed by atoms with Gasteiger partial charge in [0.1, 0.15) is 6.04 Å². The lowest BCUT2D eigenvalue weighted by molar-refractivity contribution is -0.141. The van der Waals surface area contributed by atoms with Crippen molar-refractivity contribution in [3.8, 4) is 0 Å². The summed E-state index contributed by atoms with van der Waals surface area (Å²) in [4.78, 5) is 36.4. The molecule has 2 atom stereocenters. The van der Waals surface area contributed by atoms with Gasteiger partial charge in [-0.15, -0.1) is 0 Å². The van der Waals surface area contributed by atoms with Gasteiger partial charge >= 0.3 is 18.0 Å². The summed E-state index contributed by atoms with van der Waals surface area (Å²) >= 11 is 0. The molecule has 1 fully saturated rings. The van der Waals surface area contributed by atoms with Crippen molar-refractivity contribution in [3.05, 3.63) is 0 Å². The third-order valence-corrected chi connectivity index (χ3v) is 2.91. The molecule has 1 rings (SSSR count). The number of aliphatic hydroxyl groups is 1. The van der Waals surface area contributed by atoms with Gasteiger partial charge in [-0.1, -0.05) is 0 Å². The molecule has 0 aromatic heterocycles. The lowest BCUT2D eigenvalue weighted by atomic mass is 10.2. The van der Waals surface area contributed by atoms with Gasteiger partial charge < -0.3 is 30.6 Å². The predicted molar refractivity (Wildman–Crippen MR) is 69.2 cm³/mol. The van der Waals surface area contributed by atoms with Gasteiger partial charge in [0.15, 0.2) is 0 Å². The molecule has 1 heterocycles. The van der Waals surface area contributed by atoms with Crippen LogP contribution in [0, 0.1) is 0 Å². The topological polar surface area (TPSA) is 122 Å². The molecule has 1 aliphatic rings. The fourth-order valence-corrected chi connectivity index (χ4v) is 1.87. The van der Waals surface area contributed by atoms with Crippen LogP contribution in [0.4, 0.5) is 9.59 Å². The van der Waals surface area contributed by atoms with Crippen molar-refractivity contribution in [2.24, 2.45) is 0 Å². The normalized spacial score (nSPS) is 21.4. The van der Waals surface area contributed by atoms with E-state index in [1.54, 1.807) is 14.1 Å². The van der Waals surface area contributed by atoms with E-state index in [4.69, 9.17) is 5.11 Å². The minimum absolute atomic E-state index is 0.00709. The molecule has 0 spiro atoms. The summed E-state index contributed by atoms with van der Waals surface area (Å²) in [7, 11) is 3.19. The van der Waals surface area contributed by atoms with Crippen LogP contribution in [0.15, 0.2) is 0 Å². The number of aliphatic hydroxyl groups excluding tert-OH is 1. The second-order valence-corrected chi connectivity index (χ2v) is 4.75. The van der Waals surface area contributed by atoms with Gasteiger partial charge in [0.2, 0.25) is 0 Å². The minimum Gasteiger partial charge on any atom is -0.480 e. The summed E-state index contributed by atoms with van der Waals surface area (Å²) in [5.41, 5.74) is 0.